The Balaban J connectivity index is 1.62. The van der Waals surface area contributed by atoms with Gasteiger partial charge < -0.3 is 5.32 Å². The molecule has 0 aromatic heterocycles. The maximum absolute atomic E-state index is 13.2. The van der Waals surface area contributed by atoms with Crippen LogP contribution in [0.5, 0.6) is 0 Å². The maximum Gasteiger partial charge on any atom is 0.226 e. The first kappa shape index (κ1) is 19.5. The van der Waals surface area contributed by atoms with Crippen LogP contribution >= 0.6 is 0 Å². The summed E-state index contributed by atoms with van der Waals surface area (Å²) in [7, 11) is 0. The van der Waals surface area contributed by atoms with Crippen molar-refractivity contribution in [3.8, 4) is 0 Å². The number of fused-ring (bicyclic) bond motifs is 3. The predicted molar refractivity (Wildman–Crippen MR) is 108 cm³/mol. The zero-order valence-corrected chi connectivity index (χ0v) is 18.0. The van der Waals surface area contributed by atoms with E-state index in [0.717, 1.165) is 64.3 Å². The fourth-order valence-corrected chi connectivity index (χ4v) is 8.36. The minimum atomic E-state index is -0.230. The zero-order chi connectivity index (χ0) is 19.5. The predicted octanol–water partition coefficient (Wildman–Crippen LogP) is 5.27. The number of hydrogen-bond acceptors (Lipinski definition) is 2. The molecule has 0 aliphatic heterocycles. The molecular formula is C24H39NO2. The average molecular weight is 374 g/mol. The van der Waals surface area contributed by atoms with E-state index in [1.54, 1.807) is 0 Å². The van der Waals surface area contributed by atoms with Crippen molar-refractivity contribution in [3.63, 3.8) is 0 Å². The molecule has 1 spiro atoms. The monoisotopic (exact) mass is 373 g/mol. The molecule has 2 bridgehead atoms. The van der Waals surface area contributed by atoms with E-state index < -0.39 is 0 Å². The van der Waals surface area contributed by atoms with Crippen molar-refractivity contribution in [2.45, 2.75) is 98.3 Å². The molecule has 3 nitrogen and oxygen atoms in total. The Kier molecular flexibility index (Phi) is 4.56. The summed E-state index contributed by atoms with van der Waals surface area (Å²) in [5.74, 6) is 1.93. The minimum Gasteiger partial charge on any atom is -0.356 e. The highest BCUT2D eigenvalue weighted by molar-refractivity contribution is 5.88. The van der Waals surface area contributed by atoms with Gasteiger partial charge in [0.2, 0.25) is 5.91 Å². The standard InChI is InChI=1S/C24H39NO2/c1-5-6-14-25-20(27)23(4)11-7-10-22(3)17(23)9-13-24-15-19(26)21(2,16-24)12-8-18(22)24/h17-18H,5-16H2,1-4H3,(H,25,27)/t17?,18?,21-,22+,23+,24-/m0/s1. The second-order valence-corrected chi connectivity index (χ2v) is 11.3. The van der Waals surface area contributed by atoms with Crippen molar-refractivity contribution < 1.29 is 9.59 Å². The van der Waals surface area contributed by atoms with Crippen LogP contribution in [0.2, 0.25) is 0 Å². The van der Waals surface area contributed by atoms with Crippen molar-refractivity contribution in [1.82, 2.24) is 5.32 Å². The van der Waals surface area contributed by atoms with Gasteiger partial charge in [-0.1, -0.05) is 40.5 Å². The van der Waals surface area contributed by atoms with Gasteiger partial charge in [0.05, 0.1) is 0 Å². The molecule has 4 fully saturated rings. The lowest BCUT2D eigenvalue weighted by molar-refractivity contribution is -0.170. The second-order valence-electron chi connectivity index (χ2n) is 11.3. The van der Waals surface area contributed by atoms with Gasteiger partial charge in [-0.15, -0.1) is 0 Å². The van der Waals surface area contributed by atoms with Crippen molar-refractivity contribution in [1.29, 1.82) is 0 Å². The molecule has 2 unspecified atom stereocenters. The number of amides is 1. The largest absolute Gasteiger partial charge is 0.356 e. The lowest BCUT2D eigenvalue weighted by Crippen LogP contribution is -2.60. The summed E-state index contributed by atoms with van der Waals surface area (Å²) in [6.07, 6.45) is 12.1. The SMILES string of the molecule is CCCCNC(=O)[C@]1(C)CCC[C@@]2(C)C3CC[C@@]4(C)C[C@]3(CCC21)CC4=O. The number of nitrogens with one attached hydrogen (secondary N) is 1. The topological polar surface area (TPSA) is 46.2 Å². The first-order valence-electron chi connectivity index (χ1n) is 11.5. The lowest BCUT2D eigenvalue weighted by Gasteiger charge is -2.64. The fraction of sp³-hybridized carbons (Fsp3) is 0.917. The van der Waals surface area contributed by atoms with Crippen molar-refractivity contribution in [3.05, 3.63) is 0 Å². The van der Waals surface area contributed by atoms with Crippen LogP contribution in [0.25, 0.3) is 0 Å². The van der Waals surface area contributed by atoms with Gasteiger partial charge in [0.1, 0.15) is 5.78 Å². The fourth-order valence-electron chi connectivity index (χ4n) is 8.36. The van der Waals surface area contributed by atoms with Crippen LogP contribution in [0, 0.1) is 33.5 Å². The van der Waals surface area contributed by atoms with Gasteiger partial charge in [-0.25, -0.2) is 0 Å². The van der Waals surface area contributed by atoms with Crippen LogP contribution in [0.15, 0.2) is 0 Å². The van der Waals surface area contributed by atoms with E-state index in [0.29, 0.717) is 23.5 Å². The number of rotatable bonds is 4. The number of Topliss-reactive ketones (excluding diaryl/α,β-unsaturated/α-hetero) is 1. The number of carbonyl (C=O) groups excluding carboxylic acids is 2. The van der Waals surface area contributed by atoms with Crippen LogP contribution in [0.1, 0.15) is 98.3 Å². The molecule has 4 saturated carbocycles. The highest BCUT2D eigenvalue weighted by Gasteiger charge is 2.67. The van der Waals surface area contributed by atoms with E-state index >= 15 is 0 Å². The molecule has 1 amide bonds. The maximum atomic E-state index is 13.2. The van der Waals surface area contributed by atoms with E-state index in [4.69, 9.17) is 0 Å². The Hall–Kier alpha value is -0.860. The number of carbonyl (C=O) groups is 2. The van der Waals surface area contributed by atoms with E-state index in [1.165, 1.54) is 12.8 Å². The normalized spacial score (nSPS) is 48.7. The summed E-state index contributed by atoms with van der Waals surface area (Å²) in [6.45, 7) is 9.95. The summed E-state index contributed by atoms with van der Waals surface area (Å²) >= 11 is 0. The molecule has 0 heterocycles. The van der Waals surface area contributed by atoms with E-state index in [1.807, 2.05) is 0 Å². The lowest BCUT2D eigenvalue weighted by atomic mass is 9.40. The molecule has 0 aromatic carbocycles. The second kappa shape index (κ2) is 6.32. The summed E-state index contributed by atoms with van der Waals surface area (Å²) in [5, 5.41) is 3.27. The quantitative estimate of drug-likeness (QED) is 0.682. The molecule has 4 aliphatic rings. The Bertz CT molecular complexity index is 644. The summed E-state index contributed by atoms with van der Waals surface area (Å²) in [4.78, 5) is 26.1. The molecule has 4 rings (SSSR count). The van der Waals surface area contributed by atoms with Crippen LogP contribution in [0.3, 0.4) is 0 Å². The van der Waals surface area contributed by atoms with Crippen LogP contribution in [-0.2, 0) is 9.59 Å². The first-order chi connectivity index (χ1) is 12.7. The molecule has 0 aromatic rings. The summed E-state index contributed by atoms with van der Waals surface area (Å²) in [5.41, 5.74) is 0.187. The first-order valence-corrected chi connectivity index (χ1v) is 11.5. The summed E-state index contributed by atoms with van der Waals surface area (Å²) in [6, 6.07) is 0. The van der Waals surface area contributed by atoms with Crippen molar-refractivity contribution >= 4 is 11.7 Å². The molecule has 4 aliphatic carbocycles. The van der Waals surface area contributed by atoms with E-state index in [2.05, 4.69) is 33.0 Å². The smallest absolute Gasteiger partial charge is 0.226 e. The Labute approximate surface area is 165 Å². The van der Waals surface area contributed by atoms with Crippen molar-refractivity contribution in [2.24, 2.45) is 33.5 Å². The average Bonchev–Trinajstić information content (AvgIpc) is 2.79. The summed E-state index contributed by atoms with van der Waals surface area (Å²) < 4.78 is 0. The minimum absolute atomic E-state index is 0.0464. The van der Waals surface area contributed by atoms with Gasteiger partial charge in [0.15, 0.2) is 0 Å². The highest BCUT2D eigenvalue weighted by atomic mass is 16.2. The number of ketones is 1. The van der Waals surface area contributed by atoms with Gasteiger partial charge in [-0.3, -0.25) is 9.59 Å². The molecule has 3 heteroatoms. The number of unbranched alkanes of at least 4 members (excludes halogenated alkanes) is 1. The third-order valence-corrected chi connectivity index (χ3v) is 9.69. The van der Waals surface area contributed by atoms with Gasteiger partial charge in [0, 0.05) is 23.8 Å². The van der Waals surface area contributed by atoms with Crippen LogP contribution < -0.4 is 5.32 Å². The molecule has 1 N–H and O–H groups in total. The third-order valence-electron chi connectivity index (χ3n) is 9.69. The van der Waals surface area contributed by atoms with Crippen LogP contribution in [0.4, 0.5) is 0 Å². The zero-order valence-electron chi connectivity index (χ0n) is 18.0. The molecular weight excluding hydrogens is 334 g/mol. The van der Waals surface area contributed by atoms with E-state index in [9.17, 15) is 9.59 Å². The van der Waals surface area contributed by atoms with Crippen LogP contribution in [-0.4, -0.2) is 18.2 Å². The molecule has 6 atom stereocenters. The Morgan fingerprint density at radius 3 is 2.56 bits per heavy atom. The molecule has 0 radical (unpaired) electrons. The van der Waals surface area contributed by atoms with Gasteiger partial charge >= 0.3 is 0 Å². The third kappa shape index (κ3) is 2.66. The molecule has 152 valence electrons. The molecule has 0 saturated heterocycles. The van der Waals surface area contributed by atoms with Gasteiger partial charge in [0.25, 0.3) is 0 Å². The van der Waals surface area contributed by atoms with Gasteiger partial charge in [-0.2, -0.15) is 0 Å². The Morgan fingerprint density at radius 2 is 1.81 bits per heavy atom. The van der Waals surface area contributed by atoms with E-state index in [-0.39, 0.29) is 21.7 Å². The number of hydrogen-bond donors (Lipinski definition) is 1. The highest BCUT2D eigenvalue weighted by Crippen LogP contribution is 2.72. The van der Waals surface area contributed by atoms with Gasteiger partial charge in [-0.05, 0) is 74.0 Å². The molecule has 27 heavy (non-hydrogen) atoms. The van der Waals surface area contributed by atoms with Crippen molar-refractivity contribution in [2.75, 3.05) is 6.54 Å². The Morgan fingerprint density at radius 1 is 1.07 bits per heavy atom.